The van der Waals surface area contributed by atoms with Crippen LogP contribution in [0.1, 0.15) is 18.4 Å². The van der Waals surface area contributed by atoms with Crippen molar-refractivity contribution in [3.63, 3.8) is 0 Å². The second-order valence-electron chi connectivity index (χ2n) is 4.94. The lowest BCUT2D eigenvalue weighted by molar-refractivity contribution is -0.119. The van der Waals surface area contributed by atoms with Gasteiger partial charge in [0.2, 0.25) is 5.91 Å². The van der Waals surface area contributed by atoms with Crippen molar-refractivity contribution in [1.82, 2.24) is 0 Å². The van der Waals surface area contributed by atoms with Gasteiger partial charge in [-0.15, -0.1) is 0 Å². The molecule has 1 aliphatic rings. The number of hydrogen-bond donors (Lipinski definition) is 2. The highest BCUT2D eigenvalue weighted by Gasteiger charge is 2.32. The van der Waals surface area contributed by atoms with Crippen LogP contribution in [0.2, 0.25) is 0 Å². The van der Waals surface area contributed by atoms with Crippen LogP contribution in [0.5, 0.6) is 0 Å². The SMILES string of the molecule is O=C(Nc1ccc(C#CCCO)cc1)C1CCS(=O)(=O)C1. The predicted octanol–water partition coefficient (Wildman–Crippen LogP) is 0.794. The fourth-order valence-electron chi connectivity index (χ4n) is 2.10. The molecule has 0 spiro atoms. The first-order chi connectivity index (χ1) is 10.00. The summed E-state index contributed by atoms with van der Waals surface area (Å²) in [6.45, 7) is 0.0332. The molecule has 0 aromatic heterocycles. The number of nitrogens with one attached hydrogen (secondary N) is 1. The standard InChI is InChI=1S/C15H17NO4S/c17-9-2-1-3-12-4-6-14(7-5-12)16-15(18)13-8-10-21(19,20)11-13/h4-7,13,17H,2,8-11H2,(H,16,18). The molecule has 112 valence electrons. The lowest BCUT2D eigenvalue weighted by atomic mass is 10.1. The highest BCUT2D eigenvalue weighted by molar-refractivity contribution is 7.91. The summed E-state index contributed by atoms with van der Waals surface area (Å²) in [4.78, 5) is 12.0. The highest BCUT2D eigenvalue weighted by atomic mass is 32.2. The van der Waals surface area contributed by atoms with Gasteiger partial charge in [0, 0.05) is 17.7 Å². The summed E-state index contributed by atoms with van der Waals surface area (Å²) in [5.41, 5.74) is 1.42. The quantitative estimate of drug-likeness (QED) is 0.809. The van der Waals surface area contributed by atoms with E-state index in [1.807, 2.05) is 0 Å². The van der Waals surface area contributed by atoms with Crippen LogP contribution in [0.3, 0.4) is 0 Å². The van der Waals surface area contributed by atoms with Crippen molar-refractivity contribution >= 4 is 21.4 Å². The number of sulfone groups is 1. The Labute approximate surface area is 124 Å². The number of aliphatic hydroxyl groups excluding tert-OH is 1. The number of carbonyl (C=O) groups excluding carboxylic acids is 1. The highest BCUT2D eigenvalue weighted by Crippen LogP contribution is 2.20. The maximum Gasteiger partial charge on any atom is 0.228 e. The smallest absolute Gasteiger partial charge is 0.228 e. The Morgan fingerprint density at radius 1 is 1.33 bits per heavy atom. The molecule has 21 heavy (non-hydrogen) atoms. The zero-order valence-electron chi connectivity index (χ0n) is 11.5. The first-order valence-electron chi connectivity index (χ1n) is 6.71. The topological polar surface area (TPSA) is 83.5 Å². The minimum atomic E-state index is -3.05. The van der Waals surface area contributed by atoms with Crippen LogP contribution in [0.15, 0.2) is 24.3 Å². The number of carbonyl (C=O) groups is 1. The van der Waals surface area contributed by atoms with Crippen molar-refractivity contribution in [2.24, 2.45) is 5.92 Å². The first-order valence-corrected chi connectivity index (χ1v) is 8.53. The normalized spacial score (nSPS) is 19.6. The van der Waals surface area contributed by atoms with Gasteiger partial charge in [0.15, 0.2) is 9.84 Å². The minimum Gasteiger partial charge on any atom is -0.395 e. The number of rotatable bonds is 3. The van der Waals surface area contributed by atoms with E-state index < -0.39 is 15.8 Å². The molecule has 5 nitrogen and oxygen atoms in total. The Balaban J connectivity index is 1.95. The van der Waals surface area contributed by atoms with Crippen LogP contribution in [0, 0.1) is 17.8 Å². The van der Waals surface area contributed by atoms with E-state index in [0.29, 0.717) is 18.5 Å². The molecule has 1 aliphatic heterocycles. The van der Waals surface area contributed by atoms with E-state index in [-0.39, 0.29) is 24.0 Å². The molecule has 1 atom stereocenters. The Kier molecular flexibility index (Phi) is 4.99. The summed E-state index contributed by atoms with van der Waals surface area (Å²) < 4.78 is 22.7. The van der Waals surface area contributed by atoms with Gasteiger partial charge in [-0.3, -0.25) is 4.79 Å². The van der Waals surface area contributed by atoms with Crippen LogP contribution in [0.4, 0.5) is 5.69 Å². The summed E-state index contributed by atoms with van der Waals surface area (Å²) >= 11 is 0. The fraction of sp³-hybridized carbons (Fsp3) is 0.400. The Bertz CT molecular complexity index is 668. The van der Waals surface area contributed by atoms with Crippen molar-refractivity contribution in [1.29, 1.82) is 0 Å². The van der Waals surface area contributed by atoms with E-state index in [4.69, 9.17) is 5.11 Å². The van der Waals surface area contributed by atoms with Crippen molar-refractivity contribution in [2.75, 3.05) is 23.4 Å². The molecule has 1 aromatic carbocycles. The van der Waals surface area contributed by atoms with Crippen LogP contribution in [-0.2, 0) is 14.6 Å². The molecule has 1 aromatic rings. The van der Waals surface area contributed by atoms with Crippen LogP contribution in [-0.4, -0.2) is 37.5 Å². The zero-order valence-corrected chi connectivity index (χ0v) is 12.3. The van der Waals surface area contributed by atoms with Crippen LogP contribution < -0.4 is 5.32 Å². The first kappa shape index (κ1) is 15.5. The molecule has 6 heteroatoms. The third-order valence-corrected chi connectivity index (χ3v) is 4.99. The third kappa shape index (κ3) is 4.59. The van der Waals surface area contributed by atoms with E-state index in [1.165, 1.54) is 0 Å². The Morgan fingerprint density at radius 3 is 2.62 bits per heavy atom. The molecule has 1 unspecified atom stereocenters. The average Bonchev–Trinajstić information content (AvgIpc) is 2.81. The fourth-order valence-corrected chi connectivity index (χ4v) is 3.84. The molecule has 1 saturated heterocycles. The Hall–Kier alpha value is -1.84. The molecule has 1 amide bonds. The zero-order chi connectivity index (χ0) is 15.3. The number of hydrogen-bond acceptors (Lipinski definition) is 4. The van der Waals surface area contributed by atoms with Gasteiger partial charge in [-0.2, -0.15) is 0 Å². The van der Waals surface area contributed by atoms with Gasteiger partial charge in [0.25, 0.3) is 0 Å². The summed E-state index contributed by atoms with van der Waals surface area (Å²) in [6.07, 6.45) is 0.813. The molecule has 0 aliphatic carbocycles. The number of aliphatic hydroxyl groups is 1. The summed E-state index contributed by atoms with van der Waals surface area (Å²) in [6, 6.07) is 6.99. The molecular formula is C15H17NO4S. The summed E-state index contributed by atoms with van der Waals surface area (Å²) in [5.74, 6) is 5.01. The van der Waals surface area contributed by atoms with Gasteiger partial charge in [-0.25, -0.2) is 8.42 Å². The predicted molar refractivity (Wildman–Crippen MR) is 80.4 cm³/mol. The number of amides is 1. The van der Waals surface area contributed by atoms with E-state index in [1.54, 1.807) is 24.3 Å². The third-order valence-electron chi connectivity index (χ3n) is 3.23. The second-order valence-corrected chi connectivity index (χ2v) is 7.17. The van der Waals surface area contributed by atoms with E-state index in [0.717, 1.165) is 5.56 Å². The van der Waals surface area contributed by atoms with Crippen molar-refractivity contribution < 1.29 is 18.3 Å². The largest absolute Gasteiger partial charge is 0.395 e. The molecular weight excluding hydrogens is 290 g/mol. The molecule has 0 saturated carbocycles. The summed E-state index contributed by atoms with van der Waals surface area (Å²) in [7, 11) is -3.05. The van der Waals surface area contributed by atoms with Gasteiger partial charge >= 0.3 is 0 Å². The number of benzene rings is 1. The molecule has 2 N–H and O–H groups in total. The molecule has 2 rings (SSSR count). The summed E-state index contributed by atoms with van der Waals surface area (Å²) in [5, 5.41) is 11.4. The van der Waals surface area contributed by atoms with Crippen molar-refractivity contribution in [3.8, 4) is 11.8 Å². The monoisotopic (exact) mass is 307 g/mol. The number of anilines is 1. The second kappa shape index (κ2) is 6.74. The van der Waals surface area contributed by atoms with E-state index in [2.05, 4.69) is 17.2 Å². The van der Waals surface area contributed by atoms with Crippen LogP contribution in [0.25, 0.3) is 0 Å². The van der Waals surface area contributed by atoms with E-state index in [9.17, 15) is 13.2 Å². The van der Waals surface area contributed by atoms with Crippen LogP contribution >= 0.6 is 0 Å². The molecule has 1 heterocycles. The van der Waals surface area contributed by atoms with Gasteiger partial charge in [0.05, 0.1) is 24.0 Å². The molecule has 0 radical (unpaired) electrons. The lowest BCUT2D eigenvalue weighted by Gasteiger charge is -2.09. The van der Waals surface area contributed by atoms with Crippen molar-refractivity contribution in [3.05, 3.63) is 29.8 Å². The maximum absolute atomic E-state index is 12.0. The maximum atomic E-state index is 12.0. The Morgan fingerprint density at radius 2 is 2.05 bits per heavy atom. The molecule has 0 bridgehead atoms. The van der Waals surface area contributed by atoms with E-state index >= 15 is 0 Å². The minimum absolute atomic E-state index is 0.0332. The van der Waals surface area contributed by atoms with Gasteiger partial charge in [0.1, 0.15) is 0 Å². The van der Waals surface area contributed by atoms with Gasteiger partial charge < -0.3 is 10.4 Å². The average molecular weight is 307 g/mol. The van der Waals surface area contributed by atoms with Gasteiger partial charge in [-0.1, -0.05) is 11.8 Å². The van der Waals surface area contributed by atoms with Crippen molar-refractivity contribution in [2.45, 2.75) is 12.8 Å². The lowest BCUT2D eigenvalue weighted by Crippen LogP contribution is -2.23. The van der Waals surface area contributed by atoms with Gasteiger partial charge in [-0.05, 0) is 30.7 Å². The molecule has 1 fully saturated rings.